The molecular formula is C21H18N2O2. The van der Waals surface area contributed by atoms with Gasteiger partial charge < -0.3 is 10.4 Å². The molecule has 1 aliphatic rings. The molecule has 0 aliphatic heterocycles. The Morgan fingerprint density at radius 3 is 2.48 bits per heavy atom. The van der Waals surface area contributed by atoms with E-state index < -0.39 is 5.97 Å². The highest BCUT2D eigenvalue weighted by atomic mass is 16.4. The lowest BCUT2D eigenvalue weighted by molar-refractivity contribution is 0.0698. The van der Waals surface area contributed by atoms with Crippen LogP contribution in [0.4, 0.5) is 11.4 Å². The maximum Gasteiger partial charge on any atom is 0.337 e. The number of nitrogens with zero attached hydrogens (tertiary/aromatic N) is 1. The van der Waals surface area contributed by atoms with E-state index in [1.54, 1.807) is 12.3 Å². The van der Waals surface area contributed by atoms with Gasteiger partial charge in [-0.05, 0) is 48.6 Å². The van der Waals surface area contributed by atoms with Crippen LogP contribution < -0.4 is 5.32 Å². The quantitative estimate of drug-likeness (QED) is 0.686. The van der Waals surface area contributed by atoms with Gasteiger partial charge in [-0.15, -0.1) is 0 Å². The van der Waals surface area contributed by atoms with Crippen LogP contribution in [-0.2, 0) is 0 Å². The van der Waals surface area contributed by atoms with Crippen LogP contribution in [0, 0.1) is 0 Å². The van der Waals surface area contributed by atoms with Crippen molar-refractivity contribution >= 4 is 17.3 Å². The van der Waals surface area contributed by atoms with Gasteiger partial charge in [-0.1, -0.05) is 36.4 Å². The normalized spacial score (nSPS) is 13.4. The molecule has 4 nitrogen and oxygen atoms in total. The second kappa shape index (κ2) is 6.40. The number of aromatic nitrogens is 1. The van der Waals surface area contributed by atoms with Crippen LogP contribution in [0.1, 0.15) is 34.7 Å². The number of pyridine rings is 1. The van der Waals surface area contributed by atoms with Gasteiger partial charge in [0.15, 0.2) is 0 Å². The number of carbonyl (C=O) groups is 1. The molecule has 3 aromatic rings. The Morgan fingerprint density at radius 2 is 1.84 bits per heavy atom. The van der Waals surface area contributed by atoms with E-state index >= 15 is 0 Å². The first-order chi connectivity index (χ1) is 12.2. The second-order valence-electron chi connectivity index (χ2n) is 6.31. The second-order valence-corrected chi connectivity index (χ2v) is 6.31. The largest absolute Gasteiger partial charge is 0.478 e. The van der Waals surface area contributed by atoms with Gasteiger partial charge in [-0.3, -0.25) is 4.98 Å². The first-order valence-electron chi connectivity index (χ1n) is 8.36. The molecule has 0 amide bonds. The molecular weight excluding hydrogens is 312 g/mol. The maximum absolute atomic E-state index is 11.6. The van der Waals surface area contributed by atoms with Gasteiger partial charge in [-0.2, -0.15) is 0 Å². The van der Waals surface area contributed by atoms with Crippen molar-refractivity contribution in [3.63, 3.8) is 0 Å². The molecule has 0 unspecified atom stereocenters. The summed E-state index contributed by atoms with van der Waals surface area (Å²) < 4.78 is 0. The fraction of sp³-hybridized carbons (Fsp3) is 0.143. The van der Waals surface area contributed by atoms with E-state index in [1.165, 1.54) is 0 Å². The third kappa shape index (κ3) is 3.38. The molecule has 0 saturated heterocycles. The van der Waals surface area contributed by atoms with Crippen LogP contribution in [0.5, 0.6) is 0 Å². The van der Waals surface area contributed by atoms with Crippen LogP contribution in [0.3, 0.4) is 0 Å². The fourth-order valence-corrected chi connectivity index (χ4v) is 2.92. The Morgan fingerprint density at radius 1 is 1.04 bits per heavy atom. The Hall–Kier alpha value is -3.14. The van der Waals surface area contributed by atoms with E-state index in [2.05, 4.69) is 10.3 Å². The summed E-state index contributed by atoms with van der Waals surface area (Å²) in [6.45, 7) is 0. The SMILES string of the molecule is O=C(O)c1cc(C2CC2)ccc1Nc1ccc(-c2ccccc2)nc1. The summed E-state index contributed by atoms with van der Waals surface area (Å²) in [5, 5.41) is 12.7. The predicted octanol–water partition coefficient (Wildman–Crippen LogP) is 5.07. The molecule has 0 spiro atoms. The molecule has 0 atom stereocenters. The molecule has 1 saturated carbocycles. The van der Waals surface area contributed by atoms with Crippen LogP contribution in [0.15, 0.2) is 66.9 Å². The fourth-order valence-electron chi connectivity index (χ4n) is 2.92. The smallest absolute Gasteiger partial charge is 0.337 e. The molecule has 0 bridgehead atoms. The number of benzene rings is 2. The van der Waals surface area contributed by atoms with Gasteiger partial charge in [0.05, 0.1) is 28.8 Å². The number of nitrogens with one attached hydrogen (secondary N) is 1. The zero-order valence-corrected chi connectivity index (χ0v) is 13.6. The minimum Gasteiger partial charge on any atom is -0.478 e. The van der Waals surface area contributed by atoms with Gasteiger partial charge >= 0.3 is 5.97 Å². The van der Waals surface area contributed by atoms with E-state index in [1.807, 2.05) is 54.6 Å². The molecule has 2 N–H and O–H groups in total. The minimum atomic E-state index is -0.918. The average molecular weight is 330 g/mol. The van der Waals surface area contributed by atoms with Crippen LogP contribution >= 0.6 is 0 Å². The Labute approximate surface area is 146 Å². The molecule has 4 rings (SSSR count). The number of carboxylic acid groups (broad SMARTS) is 1. The van der Waals surface area contributed by atoms with E-state index in [0.717, 1.165) is 35.3 Å². The lowest BCUT2D eigenvalue weighted by Crippen LogP contribution is -2.04. The van der Waals surface area contributed by atoms with E-state index in [0.29, 0.717) is 17.2 Å². The standard InChI is InChI=1S/C21H18N2O2/c24-21(25)18-12-16(14-6-7-14)8-10-20(18)23-17-9-11-19(22-13-17)15-4-2-1-3-5-15/h1-5,8-14,23H,6-7H2,(H,24,25). The van der Waals surface area contributed by atoms with Crippen LogP contribution in [0.25, 0.3) is 11.3 Å². The zero-order valence-electron chi connectivity index (χ0n) is 13.6. The van der Waals surface area contributed by atoms with Crippen molar-refractivity contribution in [1.82, 2.24) is 4.98 Å². The number of hydrogen-bond donors (Lipinski definition) is 2. The van der Waals surface area contributed by atoms with E-state index in [4.69, 9.17) is 0 Å². The predicted molar refractivity (Wildman–Crippen MR) is 98.3 cm³/mol. The van der Waals surface area contributed by atoms with Crippen molar-refractivity contribution in [3.05, 3.63) is 78.0 Å². The van der Waals surface area contributed by atoms with E-state index in [-0.39, 0.29) is 0 Å². The summed E-state index contributed by atoms with van der Waals surface area (Å²) >= 11 is 0. The molecule has 25 heavy (non-hydrogen) atoms. The molecule has 4 heteroatoms. The van der Waals surface area contributed by atoms with Crippen LogP contribution in [0.2, 0.25) is 0 Å². The summed E-state index contributed by atoms with van der Waals surface area (Å²) in [6.07, 6.45) is 4.02. The highest BCUT2D eigenvalue weighted by Gasteiger charge is 2.25. The van der Waals surface area contributed by atoms with Gasteiger partial charge in [0.2, 0.25) is 0 Å². The molecule has 1 heterocycles. The molecule has 2 aromatic carbocycles. The molecule has 0 radical (unpaired) electrons. The van der Waals surface area contributed by atoms with Crippen molar-refractivity contribution in [2.45, 2.75) is 18.8 Å². The molecule has 124 valence electrons. The summed E-state index contributed by atoms with van der Waals surface area (Å²) in [5.41, 5.74) is 4.70. The summed E-state index contributed by atoms with van der Waals surface area (Å²) in [7, 11) is 0. The molecule has 1 aromatic heterocycles. The monoisotopic (exact) mass is 330 g/mol. The van der Waals surface area contributed by atoms with Crippen molar-refractivity contribution in [1.29, 1.82) is 0 Å². The first-order valence-corrected chi connectivity index (χ1v) is 8.36. The Bertz CT molecular complexity index is 901. The van der Waals surface area contributed by atoms with Gasteiger partial charge in [0, 0.05) is 5.56 Å². The van der Waals surface area contributed by atoms with Crippen molar-refractivity contribution in [3.8, 4) is 11.3 Å². The summed E-state index contributed by atoms with van der Waals surface area (Å²) in [4.78, 5) is 16.1. The topological polar surface area (TPSA) is 62.2 Å². The third-order valence-electron chi connectivity index (χ3n) is 4.43. The van der Waals surface area contributed by atoms with Gasteiger partial charge in [0.25, 0.3) is 0 Å². The highest BCUT2D eigenvalue weighted by molar-refractivity contribution is 5.95. The van der Waals surface area contributed by atoms with E-state index in [9.17, 15) is 9.90 Å². The number of carboxylic acids is 1. The number of anilines is 2. The first kappa shape index (κ1) is 15.4. The average Bonchev–Trinajstić information content (AvgIpc) is 3.48. The molecule has 1 fully saturated rings. The van der Waals surface area contributed by atoms with Gasteiger partial charge in [-0.25, -0.2) is 4.79 Å². The van der Waals surface area contributed by atoms with Crippen molar-refractivity contribution < 1.29 is 9.90 Å². The summed E-state index contributed by atoms with van der Waals surface area (Å²) in [6, 6.07) is 19.4. The summed E-state index contributed by atoms with van der Waals surface area (Å²) in [5.74, 6) is -0.391. The van der Waals surface area contributed by atoms with Crippen LogP contribution in [-0.4, -0.2) is 16.1 Å². The minimum absolute atomic E-state index is 0.302. The number of rotatable bonds is 5. The van der Waals surface area contributed by atoms with Crippen molar-refractivity contribution in [2.75, 3.05) is 5.32 Å². The number of aromatic carboxylic acids is 1. The lowest BCUT2D eigenvalue weighted by Gasteiger charge is -2.11. The van der Waals surface area contributed by atoms with Gasteiger partial charge in [0.1, 0.15) is 0 Å². The lowest BCUT2D eigenvalue weighted by atomic mass is 10.0. The Balaban J connectivity index is 1.58. The number of hydrogen-bond acceptors (Lipinski definition) is 3. The Kier molecular flexibility index (Phi) is 3.94. The maximum atomic E-state index is 11.6. The molecule has 1 aliphatic carbocycles. The third-order valence-corrected chi connectivity index (χ3v) is 4.43. The van der Waals surface area contributed by atoms with Crippen molar-refractivity contribution in [2.24, 2.45) is 0 Å². The highest BCUT2D eigenvalue weighted by Crippen LogP contribution is 2.41. The zero-order chi connectivity index (χ0) is 17.2.